The molecule has 0 atom stereocenters. The molecule has 4 aromatic rings. The van der Waals surface area contributed by atoms with E-state index in [-0.39, 0.29) is 0 Å². The van der Waals surface area contributed by atoms with E-state index in [0.29, 0.717) is 6.61 Å². The van der Waals surface area contributed by atoms with Gasteiger partial charge in [0.2, 0.25) is 0 Å². The minimum Gasteiger partial charge on any atom is -0.491 e. The summed E-state index contributed by atoms with van der Waals surface area (Å²) >= 11 is 0. The number of aromatic amines is 1. The zero-order valence-corrected chi connectivity index (χ0v) is 15.0. The van der Waals surface area contributed by atoms with Crippen LogP contribution >= 0.6 is 0 Å². The Balaban J connectivity index is 1.52. The molecule has 0 amide bonds. The second kappa shape index (κ2) is 6.39. The quantitative estimate of drug-likeness (QED) is 0.592. The number of benzene rings is 2. The number of aromatic nitrogens is 4. The van der Waals surface area contributed by atoms with Crippen LogP contribution in [0.15, 0.2) is 55.0 Å². The fourth-order valence-corrected chi connectivity index (χ4v) is 3.56. The number of anilines is 1. The second-order valence-corrected chi connectivity index (χ2v) is 6.71. The molecule has 6 nitrogen and oxygen atoms in total. The van der Waals surface area contributed by atoms with Gasteiger partial charge in [-0.1, -0.05) is 12.1 Å². The van der Waals surface area contributed by atoms with Gasteiger partial charge < -0.3 is 14.6 Å². The maximum atomic E-state index is 5.96. The second-order valence-electron chi connectivity index (χ2n) is 6.71. The summed E-state index contributed by atoms with van der Waals surface area (Å²) in [7, 11) is 0. The van der Waals surface area contributed by atoms with Crippen LogP contribution in [-0.4, -0.2) is 33.1 Å². The Kier molecular flexibility index (Phi) is 3.74. The van der Waals surface area contributed by atoms with Crippen molar-refractivity contribution in [2.75, 3.05) is 18.1 Å². The smallest absolute Gasteiger partial charge is 0.132 e. The molecule has 0 saturated carbocycles. The van der Waals surface area contributed by atoms with Crippen LogP contribution in [0.4, 0.5) is 5.82 Å². The van der Waals surface area contributed by atoms with Gasteiger partial charge in [0, 0.05) is 18.3 Å². The third kappa shape index (κ3) is 2.99. The van der Waals surface area contributed by atoms with Crippen molar-refractivity contribution in [1.82, 2.24) is 19.9 Å². The number of fused-ring (bicyclic) bond motifs is 2. The monoisotopic (exact) mass is 357 g/mol. The molecule has 1 N–H and O–H groups in total. The molecule has 3 heterocycles. The lowest BCUT2D eigenvalue weighted by Gasteiger charge is -2.20. The summed E-state index contributed by atoms with van der Waals surface area (Å²) in [5.74, 6) is 2.79. The summed E-state index contributed by atoms with van der Waals surface area (Å²) in [6.07, 6.45) is 3.35. The number of nitrogens with zero attached hydrogens (tertiary/aromatic N) is 4. The zero-order valence-electron chi connectivity index (χ0n) is 15.0. The van der Waals surface area contributed by atoms with E-state index in [9.17, 15) is 0 Å². The van der Waals surface area contributed by atoms with Crippen molar-refractivity contribution < 1.29 is 4.74 Å². The van der Waals surface area contributed by atoms with Crippen molar-refractivity contribution in [2.45, 2.75) is 13.5 Å². The molecule has 0 saturated heterocycles. The topological polar surface area (TPSA) is 66.9 Å². The van der Waals surface area contributed by atoms with Crippen LogP contribution in [0.3, 0.4) is 0 Å². The van der Waals surface area contributed by atoms with Crippen LogP contribution in [0.25, 0.3) is 22.2 Å². The number of H-pyrrole nitrogens is 1. The largest absolute Gasteiger partial charge is 0.491 e. The van der Waals surface area contributed by atoms with Crippen molar-refractivity contribution in [3.8, 4) is 16.9 Å². The number of nitrogens with one attached hydrogen (secondary N) is 1. The van der Waals surface area contributed by atoms with Crippen LogP contribution < -0.4 is 9.64 Å². The lowest BCUT2D eigenvalue weighted by molar-refractivity contribution is 0.331. The molecule has 0 spiro atoms. The fourth-order valence-electron chi connectivity index (χ4n) is 3.56. The molecule has 0 aliphatic carbocycles. The SMILES string of the molecule is Cc1nc2ccc(-c3ccc4c(c3)CN(c3ccncn3)CCO4)cc2[nH]1. The molecule has 5 rings (SSSR count). The zero-order chi connectivity index (χ0) is 18.2. The van der Waals surface area contributed by atoms with E-state index < -0.39 is 0 Å². The molecule has 134 valence electrons. The van der Waals surface area contributed by atoms with E-state index in [1.165, 1.54) is 0 Å². The molecular weight excluding hydrogens is 338 g/mol. The fraction of sp³-hybridized carbons (Fsp3) is 0.190. The number of aryl methyl sites for hydroxylation is 1. The summed E-state index contributed by atoms with van der Waals surface area (Å²) in [5.41, 5.74) is 5.52. The van der Waals surface area contributed by atoms with E-state index in [4.69, 9.17) is 4.74 Å². The normalized spacial score (nSPS) is 13.9. The van der Waals surface area contributed by atoms with Crippen molar-refractivity contribution >= 4 is 16.9 Å². The van der Waals surface area contributed by atoms with Gasteiger partial charge in [-0.3, -0.25) is 0 Å². The van der Waals surface area contributed by atoms with Crippen molar-refractivity contribution in [2.24, 2.45) is 0 Å². The van der Waals surface area contributed by atoms with Gasteiger partial charge in [-0.25, -0.2) is 15.0 Å². The number of hydrogen-bond acceptors (Lipinski definition) is 5. The first kappa shape index (κ1) is 15.8. The van der Waals surface area contributed by atoms with Gasteiger partial charge in [-0.2, -0.15) is 0 Å². The molecule has 1 aliphatic rings. The van der Waals surface area contributed by atoms with Crippen LogP contribution in [-0.2, 0) is 6.54 Å². The lowest BCUT2D eigenvalue weighted by Crippen LogP contribution is -2.26. The molecule has 27 heavy (non-hydrogen) atoms. The van der Waals surface area contributed by atoms with Crippen molar-refractivity contribution in [3.63, 3.8) is 0 Å². The molecule has 0 radical (unpaired) electrons. The highest BCUT2D eigenvalue weighted by Gasteiger charge is 2.17. The predicted octanol–water partition coefficient (Wildman–Crippen LogP) is 3.73. The van der Waals surface area contributed by atoms with Crippen LogP contribution in [0.2, 0.25) is 0 Å². The van der Waals surface area contributed by atoms with E-state index >= 15 is 0 Å². The van der Waals surface area contributed by atoms with E-state index in [1.54, 1.807) is 12.5 Å². The standard InChI is InChI=1S/C21H19N5O/c1-14-24-18-4-2-16(11-19(18)25-14)15-3-5-20-17(10-15)12-26(8-9-27-20)21-6-7-22-13-23-21/h2-7,10-11,13H,8-9,12H2,1H3,(H,24,25). The lowest BCUT2D eigenvalue weighted by atomic mass is 10.0. The van der Waals surface area contributed by atoms with Gasteiger partial charge in [0.25, 0.3) is 0 Å². The Hall–Kier alpha value is -3.41. The molecule has 6 heteroatoms. The van der Waals surface area contributed by atoms with Gasteiger partial charge in [0.05, 0.1) is 17.6 Å². The van der Waals surface area contributed by atoms with Crippen LogP contribution in [0.5, 0.6) is 5.75 Å². The number of hydrogen-bond donors (Lipinski definition) is 1. The summed E-state index contributed by atoms with van der Waals surface area (Å²) in [4.78, 5) is 18.4. The minimum atomic E-state index is 0.635. The molecule has 0 fully saturated rings. The first-order valence-corrected chi connectivity index (χ1v) is 9.00. The Morgan fingerprint density at radius 2 is 1.96 bits per heavy atom. The highest BCUT2D eigenvalue weighted by atomic mass is 16.5. The van der Waals surface area contributed by atoms with Gasteiger partial charge in [0.15, 0.2) is 0 Å². The predicted molar refractivity (Wildman–Crippen MR) is 105 cm³/mol. The Bertz CT molecular complexity index is 1110. The average Bonchev–Trinajstić information content (AvgIpc) is 2.94. The maximum Gasteiger partial charge on any atom is 0.132 e. The highest BCUT2D eigenvalue weighted by Crippen LogP contribution is 2.31. The first-order chi connectivity index (χ1) is 13.3. The minimum absolute atomic E-state index is 0.635. The van der Waals surface area contributed by atoms with Gasteiger partial charge in [-0.05, 0) is 48.4 Å². The van der Waals surface area contributed by atoms with Gasteiger partial charge >= 0.3 is 0 Å². The highest BCUT2D eigenvalue weighted by molar-refractivity contribution is 5.82. The van der Waals surface area contributed by atoms with Gasteiger partial charge in [-0.15, -0.1) is 0 Å². The summed E-state index contributed by atoms with van der Waals surface area (Å²) < 4.78 is 5.96. The third-order valence-corrected chi connectivity index (χ3v) is 4.86. The first-order valence-electron chi connectivity index (χ1n) is 9.00. The number of imidazole rings is 1. The van der Waals surface area contributed by atoms with E-state index in [0.717, 1.165) is 58.2 Å². The molecule has 2 aromatic carbocycles. The number of ether oxygens (including phenoxy) is 1. The maximum absolute atomic E-state index is 5.96. The molecule has 0 unspecified atom stereocenters. The average molecular weight is 357 g/mol. The summed E-state index contributed by atoms with van der Waals surface area (Å²) in [5, 5.41) is 0. The molecule has 0 bridgehead atoms. The van der Waals surface area contributed by atoms with E-state index in [2.05, 4.69) is 61.2 Å². The molecule has 2 aromatic heterocycles. The Morgan fingerprint density at radius 1 is 1.07 bits per heavy atom. The van der Waals surface area contributed by atoms with Crippen molar-refractivity contribution in [1.29, 1.82) is 0 Å². The number of rotatable bonds is 2. The van der Waals surface area contributed by atoms with Crippen LogP contribution in [0, 0.1) is 6.92 Å². The Labute approximate surface area is 156 Å². The molecular formula is C21H19N5O. The van der Waals surface area contributed by atoms with Crippen LogP contribution in [0.1, 0.15) is 11.4 Å². The Morgan fingerprint density at radius 3 is 2.85 bits per heavy atom. The van der Waals surface area contributed by atoms with Crippen molar-refractivity contribution in [3.05, 3.63) is 66.4 Å². The summed E-state index contributed by atoms with van der Waals surface area (Å²) in [6, 6.07) is 14.6. The summed E-state index contributed by atoms with van der Waals surface area (Å²) in [6.45, 7) is 4.16. The third-order valence-electron chi connectivity index (χ3n) is 4.86. The van der Waals surface area contributed by atoms with Gasteiger partial charge in [0.1, 0.15) is 30.3 Å². The van der Waals surface area contributed by atoms with E-state index in [1.807, 2.05) is 13.0 Å². The molecule has 1 aliphatic heterocycles.